The second kappa shape index (κ2) is 17.8. The van der Waals surface area contributed by atoms with Gasteiger partial charge in [0.15, 0.2) is 0 Å². The van der Waals surface area contributed by atoms with E-state index >= 15 is 4.39 Å². The number of ether oxygens (including phenoxy) is 2. The molecule has 0 bridgehead atoms. The van der Waals surface area contributed by atoms with Crippen LogP contribution in [0.2, 0.25) is 5.02 Å². The highest BCUT2D eigenvalue weighted by molar-refractivity contribution is 6.31. The molecule has 6 rings (SSSR count). The van der Waals surface area contributed by atoms with Gasteiger partial charge in [-0.1, -0.05) is 23.7 Å². The summed E-state index contributed by atoms with van der Waals surface area (Å²) in [6.07, 6.45) is 3.24. The van der Waals surface area contributed by atoms with Crippen LogP contribution in [-0.4, -0.2) is 65.9 Å². The molecule has 1 aliphatic heterocycles. The number of methoxy groups -OCH3 is 2. The summed E-state index contributed by atoms with van der Waals surface area (Å²) < 4.78 is 26.3. The molecule has 13 nitrogen and oxygen atoms in total. The molecule has 4 aromatic carbocycles. The average molecular weight is 780 g/mol. The van der Waals surface area contributed by atoms with Gasteiger partial charge in [0.25, 0.3) is 5.91 Å². The number of halogens is 2. The van der Waals surface area contributed by atoms with Crippen LogP contribution < -0.4 is 31.2 Å². The minimum atomic E-state index is -1.04. The van der Waals surface area contributed by atoms with Crippen molar-refractivity contribution in [3.63, 3.8) is 0 Å². The number of aromatic nitrogens is 2. The third kappa shape index (κ3) is 8.94. The van der Waals surface area contributed by atoms with E-state index in [0.717, 1.165) is 0 Å². The Morgan fingerprint density at radius 2 is 1.71 bits per heavy atom. The number of nitrogens with zero attached hydrogens (tertiary/aromatic N) is 3. The van der Waals surface area contributed by atoms with Crippen molar-refractivity contribution in [3.05, 3.63) is 123 Å². The first-order valence-electron chi connectivity index (χ1n) is 17.7. The first-order valence-corrected chi connectivity index (χ1v) is 18.1. The van der Waals surface area contributed by atoms with Gasteiger partial charge in [0, 0.05) is 58.3 Å². The summed E-state index contributed by atoms with van der Waals surface area (Å²) in [4.78, 5) is 51.4. The molecule has 6 N–H and O–H groups in total. The number of carboxylic acids is 1. The highest BCUT2D eigenvalue weighted by Gasteiger charge is 2.26. The van der Waals surface area contributed by atoms with E-state index in [1.54, 1.807) is 60.8 Å². The smallest absolute Gasteiger partial charge is 0.335 e. The van der Waals surface area contributed by atoms with E-state index in [1.807, 2.05) is 6.07 Å². The second-order valence-electron chi connectivity index (χ2n) is 12.8. The molecule has 0 atom stereocenters. The van der Waals surface area contributed by atoms with Crippen molar-refractivity contribution in [2.45, 2.75) is 32.2 Å². The monoisotopic (exact) mass is 779 g/mol. The van der Waals surface area contributed by atoms with Gasteiger partial charge in [-0.05, 0) is 86.0 Å². The van der Waals surface area contributed by atoms with Crippen LogP contribution in [0.1, 0.15) is 62.2 Å². The number of hydrogen-bond acceptors (Lipinski definition) is 10. The Bertz CT molecular complexity index is 2340. The van der Waals surface area contributed by atoms with Gasteiger partial charge in [-0.3, -0.25) is 14.6 Å². The number of aliphatic imine (C=N–C) groups is 1. The number of amides is 2. The van der Waals surface area contributed by atoms with Crippen molar-refractivity contribution in [2.24, 2.45) is 10.7 Å². The minimum Gasteiger partial charge on any atom is -0.496 e. The molecule has 0 fully saturated rings. The van der Waals surface area contributed by atoms with Crippen LogP contribution in [-0.2, 0) is 17.8 Å². The van der Waals surface area contributed by atoms with Crippen LogP contribution in [0.5, 0.6) is 11.5 Å². The van der Waals surface area contributed by atoms with Gasteiger partial charge in [-0.25, -0.2) is 19.2 Å². The summed E-state index contributed by atoms with van der Waals surface area (Å²) in [6, 6.07) is 19.5. The van der Waals surface area contributed by atoms with E-state index < -0.39 is 11.8 Å². The fourth-order valence-corrected chi connectivity index (χ4v) is 6.51. The highest BCUT2D eigenvalue weighted by Crippen LogP contribution is 2.36. The lowest BCUT2D eigenvalue weighted by molar-refractivity contribution is -0.116. The quantitative estimate of drug-likeness (QED) is 0.0708. The Morgan fingerprint density at radius 1 is 0.929 bits per heavy atom. The normalized spacial score (nSPS) is 11.7. The largest absolute Gasteiger partial charge is 0.496 e. The van der Waals surface area contributed by atoms with Crippen molar-refractivity contribution < 1.29 is 33.4 Å². The molecule has 2 heterocycles. The van der Waals surface area contributed by atoms with Gasteiger partial charge in [0.05, 0.1) is 48.9 Å². The summed E-state index contributed by atoms with van der Waals surface area (Å²) in [5.74, 6) is -1.29. The van der Waals surface area contributed by atoms with Crippen molar-refractivity contribution in [2.75, 3.05) is 37.9 Å². The zero-order valence-electron chi connectivity index (χ0n) is 30.6. The van der Waals surface area contributed by atoms with Gasteiger partial charge < -0.3 is 36.3 Å². The molecule has 0 unspecified atom stereocenters. The van der Waals surface area contributed by atoms with Gasteiger partial charge in [-0.15, -0.1) is 0 Å². The molecule has 1 aromatic heterocycles. The Labute approximate surface area is 327 Å². The van der Waals surface area contributed by atoms with Crippen molar-refractivity contribution in [3.8, 4) is 22.8 Å². The summed E-state index contributed by atoms with van der Waals surface area (Å²) in [5.41, 5.74) is 10.8. The second-order valence-corrected chi connectivity index (χ2v) is 13.2. The molecule has 2 amide bonds. The van der Waals surface area contributed by atoms with Crippen LogP contribution in [0.15, 0.2) is 84.0 Å². The lowest BCUT2D eigenvalue weighted by Gasteiger charge is -2.15. The van der Waals surface area contributed by atoms with E-state index in [4.69, 9.17) is 36.8 Å². The van der Waals surface area contributed by atoms with Gasteiger partial charge in [-0.2, -0.15) is 0 Å². The summed E-state index contributed by atoms with van der Waals surface area (Å²) >= 11 is 6.43. The van der Waals surface area contributed by atoms with Crippen LogP contribution >= 0.6 is 11.6 Å². The minimum absolute atomic E-state index is 0.127. The molecular weight excluding hydrogens is 741 g/mol. The number of carboxylic acid groups (broad SMARTS) is 1. The van der Waals surface area contributed by atoms with Crippen LogP contribution in [0, 0.1) is 5.82 Å². The zero-order chi connectivity index (χ0) is 39.8. The molecule has 0 radical (unpaired) electrons. The van der Waals surface area contributed by atoms with Gasteiger partial charge in [0.1, 0.15) is 17.3 Å². The highest BCUT2D eigenvalue weighted by atomic mass is 35.5. The molecule has 288 valence electrons. The number of carbonyl (C=O) groups is 3. The summed E-state index contributed by atoms with van der Waals surface area (Å²) in [6.45, 7) is 0.816. The number of aromatic carboxylic acids is 1. The Kier molecular flexibility index (Phi) is 12.5. The number of rotatable bonds is 15. The van der Waals surface area contributed by atoms with E-state index in [0.29, 0.717) is 87.4 Å². The number of fused-ring (bicyclic) bond motifs is 3. The molecule has 5 aromatic rings. The molecule has 0 spiro atoms. The summed E-state index contributed by atoms with van der Waals surface area (Å²) in [7, 11) is 2.92. The van der Waals surface area contributed by atoms with Crippen LogP contribution in [0.4, 0.5) is 21.7 Å². The maximum absolute atomic E-state index is 15.3. The third-order valence-electron chi connectivity index (χ3n) is 9.03. The van der Waals surface area contributed by atoms with Crippen molar-refractivity contribution in [1.82, 2.24) is 15.3 Å². The first kappa shape index (κ1) is 39.3. The fourth-order valence-electron chi connectivity index (χ4n) is 6.34. The van der Waals surface area contributed by atoms with Crippen molar-refractivity contribution in [1.29, 1.82) is 0 Å². The molecule has 0 saturated carbocycles. The topological polar surface area (TPSA) is 190 Å². The van der Waals surface area contributed by atoms with E-state index in [9.17, 15) is 19.5 Å². The zero-order valence-corrected chi connectivity index (χ0v) is 31.4. The molecule has 0 aliphatic carbocycles. The molecule has 0 saturated heterocycles. The number of carbonyl (C=O) groups excluding carboxylic acids is 2. The lowest BCUT2D eigenvalue weighted by Crippen LogP contribution is -2.26. The van der Waals surface area contributed by atoms with Crippen LogP contribution in [0.3, 0.4) is 0 Å². The van der Waals surface area contributed by atoms with Gasteiger partial charge in [0.2, 0.25) is 11.9 Å². The number of nitrogens with one attached hydrogen (secondary N) is 3. The molecule has 15 heteroatoms. The fraction of sp³-hybridized carbons (Fsp3) is 0.220. The molecule has 56 heavy (non-hydrogen) atoms. The van der Waals surface area contributed by atoms with Gasteiger partial charge >= 0.3 is 5.97 Å². The SMILES string of the molecule is COc1cc(Nc2ncc3c(n2)-c2ccc(Cl)cc2C(c2c(F)cccc2OC)=NC3)ccc1C(=O)NCCCC(=O)Nc1ccc(C(=O)O)c(CCCN)c1. The third-order valence-corrected chi connectivity index (χ3v) is 9.27. The average Bonchev–Trinajstić information content (AvgIpc) is 3.34. The predicted octanol–water partition coefficient (Wildman–Crippen LogP) is 6.79. The number of nitrogens with two attached hydrogens (primary N) is 1. The predicted molar refractivity (Wildman–Crippen MR) is 212 cm³/mol. The Morgan fingerprint density at radius 3 is 2.48 bits per heavy atom. The van der Waals surface area contributed by atoms with Crippen molar-refractivity contribution >= 4 is 52.4 Å². The number of aryl methyl sites for hydroxylation is 1. The number of hydrogen-bond donors (Lipinski definition) is 5. The molecular formula is C41H39ClFN7O6. The maximum Gasteiger partial charge on any atom is 0.335 e. The number of anilines is 3. The summed E-state index contributed by atoms with van der Waals surface area (Å²) in [5, 5.41) is 18.7. The molecule has 1 aliphatic rings. The maximum atomic E-state index is 15.3. The first-order chi connectivity index (χ1) is 27.1. The number of benzene rings is 4. The van der Waals surface area contributed by atoms with E-state index in [1.165, 1.54) is 26.4 Å². The van der Waals surface area contributed by atoms with E-state index in [2.05, 4.69) is 20.9 Å². The Balaban J connectivity index is 1.10. The lowest BCUT2D eigenvalue weighted by atomic mass is 9.94. The standard InChI is InChI=1S/C41H39ClFN7O6/c1-55-33-8-3-7-32(43)36(33)38-31-19-25(42)10-13-29(31)37-24(21-46-38)22-47-41(50-37)49-27-12-15-30(34(20-27)56-2)39(52)45-17-5-9-35(51)48-26-11-14-28(40(53)54)23(18-26)6-4-16-44/h3,7-8,10-15,18-20,22H,4-6,9,16-17,21,44H2,1-2H3,(H,45,52)(H,48,51)(H,53,54)(H,47,49,50). The van der Waals surface area contributed by atoms with E-state index in [-0.39, 0.29) is 54.0 Å². The Hall–Kier alpha value is -6.38. The van der Waals surface area contributed by atoms with Crippen LogP contribution in [0.25, 0.3) is 11.3 Å².